The van der Waals surface area contributed by atoms with Crippen LogP contribution in [0.3, 0.4) is 0 Å². The summed E-state index contributed by atoms with van der Waals surface area (Å²) < 4.78 is 4.87. The molecule has 3 nitrogen and oxygen atoms in total. The summed E-state index contributed by atoms with van der Waals surface area (Å²) in [5.41, 5.74) is -0.562. The molecule has 0 amide bonds. The van der Waals surface area contributed by atoms with E-state index in [0.29, 0.717) is 5.56 Å². The molecule has 0 heterocycles. The third-order valence-corrected chi connectivity index (χ3v) is 4.34. The molecule has 0 aliphatic heterocycles. The van der Waals surface area contributed by atoms with Crippen LogP contribution in [0.1, 0.15) is 5.56 Å². The van der Waals surface area contributed by atoms with Crippen molar-refractivity contribution < 1.29 is 4.74 Å². The summed E-state index contributed by atoms with van der Waals surface area (Å²) in [4.78, 5) is 22.4. The van der Waals surface area contributed by atoms with Crippen LogP contribution in [0.4, 0.5) is 0 Å². The van der Waals surface area contributed by atoms with Gasteiger partial charge in [0, 0.05) is 0 Å². The van der Waals surface area contributed by atoms with Gasteiger partial charge in [0.15, 0.2) is 5.75 Å². The first-order valence-corrected chi connectivity index (χ1v) is 7.87. The zero-order valence-corrected chi connectivity index (χ0v) is 9.93. The Morgan fingerprint density at radius 2 is 1.71 bits per heavy atom. The summed E-state index contributed by atoms with van der Waals surface area (Å²) >= 11 is 0. The number of methoxy groups -OCH3 is 1. The molecule has 0 unspecified atom stereocenters. The summed E-state index contributed by atoms with van der Waals surface area (Å²) in [6.07, 6.45) is 0. The molecular weight excluding hydrogens is 196 g/mol. The first-order valence-electron chi connectivity index (χ1n) is 4.37. The summed E-state index contributed by atoms with van der Waals surface area (Å²) in [5.74, 6) is 0.183. The lowest BCUT2D eigenvalue weighted by Crippen LogP contribution is -2.39. The number of hydrogen-bond donors (Lipinski definition) is 0. The molecule has 4 heteroatoms. The molecule has 0 aliphatic carbocycles. The highest BCUT2D eigenvalue weighted by Crippen LogP contribution is 2.27. The quantitative estimate of drug-likeness (QED) is 0.556. The smallest absolute Gasteiger partial charge is 0.268 e. The molecule has 14 heavy (non-hydrogen) atoms. The van der Waals surface area contributed by atoms with Crippen molar-refractivity contribution in [3.63, 3.8) is 0 Å². The van der Waals surface area contributed by atoms with Gasteiger partial charge < -0.3 is 4.74 Å². The Bertz CT molecular complexity index is 444. The van der Waals surface area contributed by atoms with Gasteiger partial charge in [0.2, 0.25) is 5.43 Å². The van der Waals surface area contributed by atoms with Gasteiger partial charge in [-0.25, -0.2) is 0 Å². The molecule has 0 spiro atoms. The lowest BCUT2D eigenvalue weighted by atomic mass is 10.1. The van der Waals surface area contributed by atoms with Gasteiger partial charge in [-0.1, -0.05) is 31.4 Å². The minimum absolute atomic E-state index is 0.183. The molecule has 0 aliphatic rings. The van der Waals surface area contributed by atoms with Crippen molar-refractivity contribution in [1.29, 1.82) is 0 Å². The van der Waals surface area contributed by atoms with Crippen LogP contribution in [-0.2, 0) is 0 Å². The summed E-state index contributed by atoms with van der Waals surface area (Å²) in [6.45, 7) is 10.1. The Morgan fingerprint density at radius 1 is 1.21 bits per heavy atom. The van der Waals surface area contributed by atoms with Gasteiger partial charge in [-0.3, -0.25) is 9.59 Å². The average Bonchev–Trinajstić information content (AvgIpc) is 2.09. The lowest BCUT2D eigenvalue weighted by molar-refractivity contribution is 0.404. The second-order valence-electron chi connectivity index (χ2n) is 4.30. The van der Waals surface area contributed by atoms with Crippen molar-refractivity contribution in [2.24, 2.45) is 0 Å². The van der Waals surface area contributed by atoms with E-state index >= 15 is 0 Å². The van der Waals surface area contributed by atoms with Gasteiger partial charge in [0.05, 0.1) is 20.7 Å². The molecule has 0 radical (unpaired) electrons. The van der Waals surface area contributed by atoms with Crippen LogP contribution in [0.5, 0.6) is 5.75 Å². The fourth-order valence-corrected chi connectivity index (χ4v) is 2.19. The fourth-order valence-electron chi connectivity index (χ4n) is 1.21. The standard InChI is InChI=1S/C10H14O3Si/c1-6(14(3,4)5)7-8(11)9(12)10(7)13-2/h1H2,2-5H3. The van der Waals surface area contributed by atoms with Gasteiger partial charge in [0.25, 0.3) is 5.43 Å². The minimum atomic E-state index is -1.63. The summed E-state index contributed by atoms with van der Waals surface area (Å²) in [5, 5.41) is 0.791. The Balaban J connectivity index is 3.23. The van der Waals surface area contributed by atoms with E-state index in [2.05, 4.69) is 26.2 Å². The molecule has 0 atom stereocenters. The molecule has 76 valence electrons. The summed E-state index contributed by atoms with van der Waals surface area (Å²) in [7, 11) is -0.228. The lowest BCUT2D eigenvalue weighted by Gasteiger charge is -2.21. The maximum atomic E-state index is 11.3. The van der Waals surface area contributed by atoms with Gasteiger partial charge in [-0.15, -0.1) is 0 Å². The Kier molecular flexibility index (Phi) is 2.50. The van der Waals surface area contributed by atoms with Crippen LogP contribution in [0, 0.1) is 0 Å². The topological polar surface area (TPSA) is 43.4 Å². The molecule has 0 bridgehead atoms. The summed E-state index contributed by atoms with van der Waals surface area (Å²) in [6, 6.07) is 0. The Morgan fingerprint density at radius 3 is 2.07 bits per heavy atom. The van der Waals surface area contributed by atoms with Crippen molar-refractivity contribution in [3.8, 4) is 5.75 Å². The predicted octanol–water partition coefficient (Wildman–Crippen LogP) is 1.18. The zero-order chi connectivity index (χ0) is 11.1. The van der Waals surface area contributed by atoms with Gasteiger partial charge in [-0.2, -0.15) is 0 Å². The predicted molar refractivity (Wildman–Crippen MR) is 60.3 cm³/mol. The second kappa shape index (κ2) is 3.20. The van der Waals surface area contributed by atoms with Gasteiger partial charge >= 0.3 is 0 Å². The molecule has 0 N–H and O–H groups in total. The molecule has 1 aromatic rings. The van der Waals surface area contributed by atoms with Crippen LogP contribution in [0.15, 0.2) is 16.2 Å². The SMILES string of the molecule is C=C(c1c(OC)c(=O)c1=O)[Si](C)(C)C. The van der Waals surface area contributed by atoms with E-state index < -0.39 is 18.9 Å². The maximum absolute atomic E-state index is 11.3. The van der Waals surface area contributed by atoms with Crippen molar-refractivity contribution in [2.45, 2.75) is 19.6 Å². The first kappa shape index (κ1) is 10.9. The van der Waals surface area contributed by atoms with E-state index in [0.717, 1.165) is 5.20 Å². The molecule has 1 rings (SSSR count). The number of rotatable bonds is 3. The zero-order valence-electron chi connectivity index (χ0n) is 8.93. The third kappa shape index (κ3) is 1.46. The molecular formula is C10H14O3Si. The van der Waals surface area contributed by atoms with Crippen LogP contribution >= 0.6 is 0 Å². The normalized spacial score (nSPS) is 11.7. The van der Waals surface area contributed by atoms with Crippen LogP contribution in [0.2, 0.25) is 19.6 Å². The maximum Gasteiger partial charge on any atom is 0.268 e. The van der Waals surface area contributed by atoms with Crippen LogP contribution < -0.4 is 15.6 Å². The molecule has 0 aromatic heterocycles. The molecule has 0 fully saturated rings. The molecule has 0 saturated carbocycles. The van der Waals surface area contributed by atoms with Crippen molar-refractivity contribution in [1.82, 2.24) is 0 Å². The number of ether oxygens (including phenoxy) is 1. The van der Waals surface area contributed by atoms with E-state index in [9.17, 15) is 9.59 Å². The Hall–Kier alpha value is -1.16. The minimum Gasteiger partial charge on any atom is -0.492 e. The van der Waals surface area contributed by atoms with Crippen molar-refractivity contribution in [3.05, 3.63) is 32.6 Å². The van der Waals surface area contributed by atoms with Crippen molar-refractivity contribution in [2.75, 3.05) is 7.11 Å². The molecule has 0 saturated heterocycles. The van der Waals surface area contributed by atoms with Crippen molar-refractivity contribution >= 4 is 13.3 Å². The fraction of sp³-hybridized carbons (Fsp3) is 0.400. The van der Waals surface area contributed by atoms with E-state index in [1.165, 1.54) is 7.11 Å². The highest BCUT2D eigenvalue weighted by molar-refractivity contribution is 6.93. The third-order valence-electron chi connectivity index (χ3n) is 2.28. The van der Waals surface area contributed by atoms with Gasteiger partial charge in [0.1, 0.15) is 0 Å². The molecule has 1 aromatic carbocycles. The van der Waals surface area contributed by atoms with E-state index in [4.69, 9.17) is 4.74 Å². The van der Waals surface area contributed by atoms with E-state index in [-0.39, 0.29) is 5.75 Å². The average molecular weight is 210 g/mol. The van der Waals surface area contributed by atoms with E-state index in [1.54, 1.807) is 0 Å². The van der Waals surface area contributed by atoms with Crippen LogP contribution in [0.25, 0.3) is 5.20 Å². The second-order valence-corrected chi connectivity index (χ2v) is 9.40. The Labute approximate surface area is 83.7 Å². The first-order chi connectivity index (χ1) is 6.30. The number of hydrogen-bond acceptors (Lipinski definition) is 3. The van der Waals surface area contributed by atoms with Crippen LogP contribution in [-0.4, -0.2) is 15.2 Å². The highest BCUT2D eigenvalue weighted by atomic mass is 28.3. The highest BCUT2D eigenvalue weighted by Gasteiger charge is 2.30. The van der Waals surface area contributed by atoms with E-state index in [1.807, 2.05) is 0 Å². The van der Waals surface area contributed by atoms with Gasteiger partial charge in [-0.05, 0) is 0 Å². The largest absolute Gasteiger partial charge is 0.492 e. The monoisotopic (exact) mass is 210 g/mol.